The molecule has 1 amide bonds. The van der Waals surface area contributed by atoms with E-state index in [2.05, 4.69) is 53.5 Å². The molecule has 1 aliphatic rings. The monoisotopic (exact) mass is 322 g/mol. The molecule has 2 aromatic carbocycles. The van der Waals surface area contributed by atoms with Crippen LogP contribution in [-0.4, -0.2) is 19.0 Å². The quantitative estimate of drug-likeness (QED) is 0.896. The van der Waals surface area contributed by atoms with E-state index in [1.165, 1.54) is 11.3 Å². The van der Waals surface area contributed by atoms with Crippen LogP contribution in [0.4, 0.5) is 5.69 Å². The Kier molecular flexibility index (Phi) is 5.52. The van der Waals surface area contributed by atoms with E-state index < -0.39 is 0 Å². The molecule has 0 bridgehead atoms. The van der Waals surface area contributed by atoms with E-state index in [0.717, 1.165) is 32.4 Å². The lowest BCUT2D eigenvalue weighted by Gasteiger charge is -2.33. The maximum Gasteiger partial charge on any atom is 0.223 e. The molecule has 0 aromatic heterocycles. The van der Waals surface area contributed by atoms with Gasteiger partial charge in [0.2, 0.25) is 5.91 Å². The molecule has 126 valence electrons. The van der Waals surface area contributed by atoms with Gasteiger partial charge < -0.3 is 10.2 Å². The largest absolute Gasteiger partial charge is 0.371 e. The molecule has 3 rings (SSSR count). The van der Waals surface area contributed by atoms with Crippen molar-refractivity contribution in [2.75, 3.05) is 18.0 Å². The third-order valence-corrected chi connectivity index (χ3v) is 4.91. The number of carbonyl (C=O) groups excluding carboxylic acids is 1. The van der Waals surface area contributed by atoms with Crippen LogP contribution in [0.1, 0.15) is 37.8 Å². The average Bonchev–Trinajstić information content (AvgIpc) is 2.67. The molecule has 2 aromatic rings. The van der Waals surface area contributed by atoms with Crippen LogP contribution in [-0.2, 0) is 4.79 Å². The molecule has 0 unspecified atom stereocenters. The zero-order valence-electron chi connectivity index (χ0n) is 14.3. The zero-order chi connectivity index (χ0) is 16.8. The number of piperidine rings is 1. The minimum absolute atomic E-state index is 0.117. The summed E-state index contributed by atoms with van der Waals surface area (Å²) in [6.45, 7) is 4.02. The molecule has 1 atom stereocenters. The molecule has 1 saturated heterocycles. The second-order valence-electron chi connectivity index (χ2n) is 6.48. The standard InChI is InChI=1S/C21H26N2O/c1-2-20(17-9-5-3-6-10-17)22-21(24)18-13-15-23(16-14-18)19-11-7-4-8-12-19/h3-12,18,20H,2,13-16H2,1H3,(H,22,24)/t20-/m0/s1. The van der Waals surface area contributed by atoms with Crippen LogP contribution in [0.2, 0.25) is 0 Å². The number of benzene rings is 2. The van der Waals surface area contributed by atoms with Crippen molar-refractivity contribution in [1.29, 1.82) is 0 Å². The predicted molar refractivity (Wildman–Crippen MR) is 99.0 cm³/mol. The van der Waals surface area contributed by atoms with Crippen LogP contribution in [0, 0.1) is 5.92 Å². The van der Waals surface area contributed by atoms with Crippen LogP contribution in [0.15, 0.2) is 60.7 Å². The van der Waals surface area contributed by atoms with E-state index in [-0.39, 0.29) is 17.9 Å². The van der Waals surface area contributed by atoms with Crippen molar-refractivity contribution < 1.29 is 4.79 Å². The number of nitrogens with one attached hydrogen (secondary N) is 1. The highest BCUT2D eigenvalue weighted by atomic mass is 16.1. The van der Waals surface area contributed by atoms with Crippen molar-refractivity contribution >= 4 is 11.6 Å². The minimum Gasteiger partial charge on any atom is -0.371 e. The van der Waals surface area contributed by atoms with Crippen molar-refractivity contribution in [3.63, 3.8) is 0 Å². The molecular formula is C21H26N2O. The molecule has 1 fully saturated rings. The summed E-state index contributed by atoms with van der Waals surface area (Å²) in [5.74, 6) is 0.334. The second kappa shape index (κ2) is 8.00. The Morgan fingerprint density at radius 2 is 1.62 bits per heavy atom. The van der Waals surface area contributed by atoms with Gasteiger partial charge in [-0.2, -0.15) is 0 Å². The maximum atomic E-state index is 12.7. The van der Waals surface area contributed by atoms with Crippen LogP contribution < -0.4 is 10.2 Å². The van der Waals surface area contributed by atoms with Gasteiger partial charge in [0, 0.05) is 24.7 Å². The first-order valence-electron chi connectivity index (χ1n) is 8.93. The van der Waals surface area contributed by atoms with Crippen molar-refractivity contribution in [2.45, 2.75) is 32.2 Å². The van der Waals surface area contributed by atoms with Gasteiger partial charge in [-0.15, -0.1) is 0 Å². The van der Waals surface area contributed by atoms with E-state index in [9.17, 15) is 4.79 Å². The number of para-hydroxylation sites is 1. The summed E-state index contributed by atoms with van der Waals surface area (Å²) in [4.78, 5) is 15.0. The Morgan fingerprint density at radius 3 is 2.21 bits per heavy atom. The van der Waals surface area contributed by atoms with Gasteiger partial charge in [-0.05, 0) is 37.0 Å². The molecule has 0 spiro atoms. The topological polar surface area (TPSA) is 32.3 Å². The molecule has 3 nitrogen and oxygen atoms in total. The molecular weight excluding hydrogens is 296 g/mol. The fourth-order valence-electron chi connectivity index (χ4n) is 3.43. The summed E-state index contributed by atoms with van der Waals surface area (Å²) in [7, 11) is 0. The average molecular weight is 322 g/mol. The van der Waals surface area contributed by atoms with Gasteiger partial charge in [0.1, 0.15) is 0 Å². The fraction of sp³-hybridized carbons (Fsp3) is 0.381. The van der Waals surface area contributed by atoms with Gasteiger partial charge >= 0.3 is 0 Å². The van der Waals surface area contributed by atoms with Crippen LogP contribution in [0.25, 0.3) is 0 Å². The third-order valence-electron chi connectivity index (χ3n) is 4.91. The van der Waals surface area contributed by atoms with Gasteiger partial charge in [-0.1, -0.05) is 55.5 Å². The summed E-state index contributed by atoms with van der Waals surface area (Å²) < 4.78 is 0. The van der Waals surface area contributed by atoms with E-state index >= 15 is 0 Å². The first-order chi connectivity index (χ1) is 11.8. The zero-order valence-corrected chi connectivity index (χ0v) is 14.3. The Bertz CT molecular complexity index is 633. The van der Waals surface area contributed by atoms with Crippen LogP contribution in [0.5, 0.6) is 0 Å². The Balaban J connectivity index is 1.55. The Morgan fingerprint density at radius 1 is 1.04 bits per heavy atom. The van der Waals surface area contributed by atoms with Crippen LogP contribution in [0.3, 0.4) is 0 Å². The minimum atomic E-state index is 0.117. The van der Waals surface area contributed by atoms with Crippen LogP contribution >= 0.6 is 0 Å². The number of hydrogen-bond donors (Lipinski definition) is 1. The molecule has 0 saturated carbocycles. The number of anilines is 1. The van der Waals surface area contributed by atoms with E-state index in [0.29, 0.717) is 0 Å². The Labute approximate surface area is 144 Å². The second-order valence-corrected chi connectivity index (χ2v) is 6.48. The number of carbonyl (C=O) groups is 1. The predicted octanol–water partition coefficient (Wildman–Crippen LogP) is 4.17. The first-order valence-corrected chi connectivity index (χ1v) is 8.93. The molecule has 1 aliphatic heterocycles. The van der Waals surface area contributed by atoms with Crippen molar-refractivity contribution in [1.82, 2.24) is 5.32 Å². The summed E-state index contributed by atoms with van der Waals surface area (Å²) in [5.41, 5.74) is 2.45. The fourth-order valence-corrected chi connectivity index (χ4v) is 3.43. The lowest BCUT2D eigenvalue weighted by atomic mass is 9.94. The van der Waals surface area contributed by atoms with Gasteiger partial charge in [0.15, 0.2) is 0 Å². The van der Waals surface area contributed by atoms with Gasteiger partial charge in [-0.3, -0.25) is 4.79 Å². The Hall–Kier alpha value is -2.29. The number of rotatable bonds is 5. The SMILES string of the molecule is CC[C@H](NC(=O)C1CCN(c2ccccc2)CC1)c1ccccc1. The highest BCUT2D eigenvalue weighted by molar-refractivity contribution is 5.79. The molecule has 24 heavy (non-hydrogen) atoms. The van der Waals surface area contributed by atoms with Gasteiger partial charge in [0.25, 0.3) is 0 Å². The molecule has 0 radical (unpaired) electrons. The smallest absolute Gasteiger partial charge is 0.223 e. The van der Waals surface area contributed by atoms with E-state index in [1.807, 2.05) is 24.3 Å². The molecule has 3 heteroatoms. The normalized spacial score (nSPS) is 16.6. The summed E-state index contributed by atoms with van der Waals surface area (Å²) in [5, 5.41) is 3.25. The van der Waals surface area contributed by atoms with Crippen molar-refractivity contribution in [3.8, 4) is 0 Å². The number of hydrogen-bond acceptors (Lipinski definition) is 2. The van der Waals surface area contributed by atoms with Crippen molar-refractivity contribution in [2.24, 2.45) is 5.92 Å². The number of nitrogens with zero attached hydrogens (tertiary/aromatic N) is 1. The maximum absolute atomic E-state index is 12.7. The molecule has 1 heterocycles. The summed E-state index contributed by atoms with van der Waals surface area (Å²) >= 11 is 0. The highest BCUT2D eigenvalue weighted by Crippen LogP contribution is 2.24. The summed E-state index contributed by atoms with van der Waals surface area (Å²) in [6.07, 6.45) is 2.76. The lowest BCUT2D eigenvalue weighted by molar-refractivity contribution is -0.126. The third kappa shape index (κ3) is 3.97. The summed E-state index contributed by atoms with van der Waals surface area (Å²) in [6, 6.07) is 20.8. The molecule has 1 N–H and O–H groups in total. The number of amides is 1. The van der Waals surface area contributed by atoms with E-state index in [1.54, 1.807) is 0 Å². The first kappa shape index (κ1) is 16.6. The van der Waals surface area contributed by atoms with E-state index in [4.69, 9.17) is 0 Å². The lowest BCUT2D eigenvalue weighted by Crippen LogP contribution is -2.41. The highest BCUT2D eigenvalue weighted by Gasteiger charge is 2.26. The van der Waals surface area contributed by atoms with Crippen molar-refractivity contribution in [3.05, 3.63) is 66.2 Å². The van der Waals surface area contributed by atoms with Gasteiger partial charge in [-0.25, -0.2) is 0 Å². The van der Waals surface area contributed by atoms with Gasteiger partial charge in [0.05, 0.1) is 6.04 Å². The molecule has 0 aliphatic carbocycles.